The summed E-state index contributed by atoms with van der Waals surface area (Å²) in [4.78, 5) is 28.2. The maximum Gasteiger partial charge on any atom is 0.423 e. The molecule has 0 radical (unpaired) electrons. The quantitative estimate of drug-likeness (QED) is 0.393. The Morgan fingerprint density at radius 1 is 0.923 bits per heavy atom. The van der Waals surface area contributed by atoms with E-state index in [0.717, 1.165) is 52.1 Å². The van der Waals surface area contributed by atoms with Gasteiger partial charge in [-0.1, -0.05) is 60.7 Å². The highest BCUT2D eigenvalue weighted by Crippen LogP contribution is 2.34. The van der Waals surface area contributed by atoms with Crippen LogP contribution in [0.2, 0.25) is 0 Å². The second kappa shape index (κ2) is 11.6. The maximum absolute atomic E-state index is 14.3. The van der Waals surface area contributed by atoms with E-state index in [1.807, 2.05) is 43.3 Å². The van der Waals surface area contributed by atoms with Gasteiger partial charge in [0.25, 0.3) is 0 Å². The molecule has 0 atom stereocenters. The molecule has 202 valence electrons. The summed E-state index contributed by atoms with van der Waals surface area (Å²) in [5, 5.41) is 0. The van der Waals surface area contributed by atoms with Crippen LogP contribution < -0.4 is 10.5 Å². The van der Waals surface area contributed by atoms with Gasteiger partial charge < -0.3 is 10.5 Å². The monoisotopic (exact) mass is 524 g/mol. The van der Waals surface area contributed by atoms with Gasteiger partial charge in [-0.15, -0.1) is 0 Å². The fourth-order valence-electron chi connectivity index (χ4n) is 5.63. The van der Waals surface area contributed by atoms with Crippen molar-refractivity contribution in [3.63, 3.8) is 0 Å². The number of nitrogens with two attached hydrogens (primary N) is 1. The number of urea groups is 1. The molecule has 0 spiro atoms. The molecular formula is C33H38N3O3+. The first-order chi connectivity index (χ1) is 18.8. The summed E-state index contributed by atoms with van der Waals surface area (Å²) in [6, 6.07) is 24.8. The van der Waals surface area contributed by atoms with Gasteiger partial charge in [0.1, 0.15) is 11.5 Å². The maximum atomic E-state index is 14.3. The van der Waals surface area contributed by atoms with E-state index in [9.17, 15) is 9.59 Å². The molecule has 2 amide bonds. The van der Waals surface area contributed by atoms with Crippen molar-refractivity contribution in [1.82, 2.24) is 4.90 Å². The molecule has 1 fully saturated rings. The second-order valence-corrected chi connectivity index (χ2v) is 11.1. The van der Waals surface area contributed by atoms with E-state index < -0.39 is 0 Å². The average molecular weight is 525 g/mol. The summed E-state index contributed by atoms with van der Waals surface area (Å²) in [5.74, 6) is 1.12. The number of Topliss-reactive ketones (excluding diaryl/α,β-unsaturated/α-hetero) is 1. The lowest BCUT2D eigenvalue weighted by atomic mass is 9.92. The fourth-order valence-corrected chi connectivity index (χ4v) is 5.63. The zero-order valence-corrected chi connectivity index (χ0v) is 22.9. The molecule has 0 saturated heterocycles. The van der Waals surface area contributed by atoms with Crippen molar-refractivity contribution in [2.24, 2.45) is 5.73 Å². The first-order valence-electron chi connectivity index (χ1n) is 13.8. The summed E-state index contributed by atoms with van der Waals surface area (Å²) in [5.41, 5.74) is 12.0. The average Bonchev–Trinajstić information content (AvgIpc) is 3.18. The largest absolute Gasteiger partial charge is 0.493 e. The molecule has 0 aromatic heterocycles. The number of quaternary nitrogens is 1. The highest BCUT2D eigenvalue weighted by atomic mass is 16.5. The first-order valence-corrected chi connectivity index (χ1v) is 13.8. The molecule has 1 aliphatic heterocycles. The van der Waals surface area contributed by atoms with Crippen LogP contribution in [0.4, 0.5) is 4.79 Å². The van der Waals surface area contributed by atoms with Crippen molar-refractivity contribution in [2.75, 3.05) is 20.7 Å². The molecule has 6 heteroatoms. The smallest absolute Gasteiger partial charge is 0.423 e. The van der Waals surface area contributed by atoms with E-state index in [1.54, 1.807) is 0 Å². The van der Waals surface area contributed by atoms with Crippen LogP contribution in [0.1, 0.15) is 48.8 Å². The Morgan fingerprint density at radius 2 is 1.62 bits per heavy atom. The lowest BCUT2D eigenvalue weighted by molar-refractivity contribution is -0.841. The van der Waals surface area contributed by atoms with Gasteiger partial charge in [0, 0.05) is 49.9 Å². The van der Waals surface area contributed by atoms with Crippen molar-refractivity contribution >= 4 is 17.9 Å². The number of amides is 2. The molecule has 1 saturated carbocycles. The number of hydrogen-bond acceptors (Lipinski definition) is 4. The molecule has 0 bridgehead atoms. The van der Waals surface area contributed by atoms with Crippen LogP contribution in [0.5, 0.6) is 5.75 Å². The van der Waals surface area contributed by atoms with E-state index >= 15 is 0 Å². The van der Waals surface area contributed by atoms with Gasteiger partial charge in [0.15, 0.2) is 0 Å². The summed E-state index contributed by atoms with van der Waals surface area (Å²) in [6.07, 6.45) is 5.33. The Balaban J connectivity index is 1.51. The normalized spacial score (nSPS) is 16.1. The molecule has 1 aliphatic carbocycles. The number of fused-ring (bicyclic) bond motifs is 1. The van der Waals surface area contributed by atoms with Gasteiger partial charge >= 0.3 is 6.03 Å². The Morgan fingerprint density at radius 3 is 2.31 bits per heavy atom. The van der Waals surface area contributed by atoms with Crippen LogP contribution in [0.3, 0.4) is 0 Å². The molecule has 5 rings (SSSR count). The predicted molar refractivity (Wildman–Crippen MR) is 155 cm³/mol. The number of carbonyl (C=O) groups is 2. The highest BCUT2D eigenvalue weighted by Gasteiger charge is 2.42. The molecule has 2 N–H and O–H groups in total. The lowest BCUT2D eigenvalue weighted by Crippen LogP contribution is -2.59. The minimum absolute atomic E-state index is 0.0430. The third-order valence-electron chi connectivity index (χ3n) is 8.15. The molecule has 6 nitrogen and oxygen atoms in total. The number of carbonyl (C=O) groups excluding carboxylic acids is 2. The van der Waals surface area contributed by atoms with Crippen molar-refractivity contribution < 1.29 is 18.8 Å². The van der Waals surface area contributed by atoms with Crippen LogP contribution in [-0.2, 0) is 17.9 Å². The van der Waals surface area contributed by atoms with Crippen LogP contribution in [0, 0.1) is 0 Å². The van der Waals surface area contributed by atoms with E-state index in [2.05, 4.69) is 54.6 Å². The number of nitrogens with zero attached hydrogens (tertiary/aromatic N) is 2. The second-order valence-electron chi connectivity index (χ2n) is 11.1. The minimum atomic E-state index is 0.0430. The lowest BCUT2D eigenvalue weighted by Gasteiger charge is -2.40. The van der Waals surface area contributed by atoms with Crippen LogP contribution in [0.15, 0.2) is 78.5 Å². The van der Waals surface area contributed by atoms with Crippen molar-refractivity contribution in [2.45, 2.75) is 51.2 Å². The topological polar surface area (TPSA) is 72.6 Å². The Bertz CT molecular complexity index is 1350. The molecule has 39 heavy (non-hydrogen) atoms. The van der Waals surface area contributed by atoms with Crippen molar-refractivity contribution in [3.05, 3.63) is 95.2 Å². The fraction of sp³-hybridized carbons (Fsp3) is 0.333. The third-order valence-corrected chi connectivity index (χ3v) is 8.15. The molecule has 0 unspecified atom stereocenters. The van der Waals surface area contributed by atoms with Crippen LogP contribution >= 0.6 is 0 Å². The van der Waals surface area contributed by atoms with E-state index in [-0.39, 0.29) is 16.6 Å². The molecule has 3 aromatic rings. The predicted octanol–water partition coefficient (Wildman–Crippen LogP) is 6.15. The Kier molecular flexibility index (Phi) is 7.96. The number of ether oxygens (including phenoxy) is 1. The van der Waals surface area contributed by atoms with E-state index in [1.165, 1.54) is 0 Å². The molecule has 3 aromatic carbocycles. The standard InChI is InChI=1S/C33H38N3O3/c1-36(2,30-13-15-31(37)16-14-30)33(38)35(23-25-6-4-3-5-7-25)29-18-19-39-32-17-12-27(20-28(32)21-29)26-10-8-24(22-34)9-11-26/h3-12,17,20-21,30H,13-16,18-19,22-23,34H2,1-2H3/q+1. The number of rotatable bonds is 6. The zero-order valence-electron chi connectivity index (χ0n) is 22.9. The number of benzene rings is 3. The third kappa shape index (κ3) is 5.97. The molecule has 2 aliphatic rings. The van der Waals surface area contributed by atoms with Crippen molar-refractivity contribution in [1.29, 1.82) is 0 Å². The van der Waals surface area contributed by atoms with Gasteiger partial charge in [-0.05, 0) is 40.5 Å². The first kappa shape index (κ1) is 26.9. The Labute approximate surface area is 231 Å². The summed E-state index contributed by atoms with van der Waals surface area (Å²) >= 11 is 0. The number of hydrogen-bond donors (Lipinski definition) is 1. The van der Waals surface area contributed by atoms with E-state index in [0.29, 0.717) is 44.7 Å². The minimum Gasteiger partial charge on any atom is -0.493 e. The SMILES string of the molecule is C[N+](C)(C(=O)N(Cc1ccccc1)C1=Cc2cc(-c3ccc(CN)cc3)ccc2OCC1)C1CCC(=O)CC1. The zero-order chi connectivity index (χ0) is 27.4. The van der Waals surface area contributed by atoms with Gasteiger partial charge in [-0.2, -0.15) is 0 Å². The Hall–Kier alpha value is -3.74. The van der Waals surface area contributed by atoms with Gasteiger partial charge in [0.2, 0.25) is 0 Å². The molecule has 1 heterocycles. The molecular weight excluding hydrogens is 486 g/mol. The van der Waals surface area contributed by atoms with Crippen molar-refractivity contribution in [3.8, 4) is 16.9 Å². The highest BCUT2D eigenvalue weighted by molar-refractivity contribution is 5.79. The van der Waals surface area contributed by atoms with Gasteiger partial charge in [0.05, 0.1) is 33.3 Å². The summed E-state index contributed by atoms with van der Waals surface area (Å²) in [7, 11) is 3.98. The summed E-state index contributed by atoms with van der Waals surface area (Å²) < 4.78 is 6.37. The van der Waals surface area contributed by atoms with Gasteiger partial charge in [-0.3, -0.25) is 9.69 Å². The van der Waals surface area contributed by atoms with Crippen LogP contribution in [-0.4, -0.2) is 47.9 Å². The van der Waals surface area contributed by atoms with Gasteiger partial charge in [-0.25, -0.2) is 9.28 Å². The summed E-state index contributed by atoms with van der Waals surface area (Å²) in [6.45, 7) is 1.49. The van der Waals surface area contributed by atoms with Crippen LogP contribution in [0.25, 0.3) is 17.2 Å². The van der Waals surface area contributed by atoms with E-state index in [4.69, 9.17) is 10.5 Å². The number of ketones is 1.